The van der Waals surface area contributed by atoms with Crippen LogP contribution in [0.1, 0.15) is 18.6 Å². The molecule has 1 rings (SSSR count). The Labute approximate surface area is 108 Å². The van der Waals surface area contributed by atoms with Crippen molar-refractivity contribution < 1.29 is 12.8 Å². The molecular formula is C11H21N3O3S. The van der Waals surface area contributed by atoms with Gasteiger partial charge in [0, 0.05) is 6.54 Å². The van der Waals surface area contributed by atoms with Gasteiger partial charge < -0.3 is 15.1 Å². The fourth-order valence-corrected chi connectivity index (χ4v) is 2.46. The third-order valence-corrected chi connectivity index (χ3v) is 3.76. The van der Waals surface area contributed by atoms with Gasteiger partial charge in [-0.2, -0.15) is 0 Å². The maximum atomic E-state index is 11.8. The van der Waals surface area contributed by atoms with Crippen molar-refractivity contribution in [3.63, 3.8) is 0 Å². The van der Waals surface area contributed by atoms with Crippen molar-refractivity contribution in [3.05, 3.63) is 17.9 Å². The quantitative estimate of drug-likeness (QED) is 0.669. The number of hydrogen-bond acceptors (Lipinski definition) is 5. The van der Waals surface area contributed by atoms with Crippen LogP contribution in [0.3, 0.4) is 0 Å². The molecule has 7 heteroatoms. The summed E-state index contributed by atoms with van der Waals surface area (Å²) >= 11 is 0. The number of sulfonamides is 1. The van der Waals surface area contributed by atoms with Crippen LogP contribution in [0.5, 0.6) is 0 Å². The zero-order chi connectivity index (χ0) is 13.6. The van der Waals surface area contributed by atoms with E-state index < -0.39 is 10.0 Å². The highest BCUT2D eigenvalue weighted by molar-refractivity contribution is 7.89. The first-order valence-electron chi connectivity index (χ1n) is 5.89. The molecule has 0 aliphatic heterocycles. The van der Waals surface area contributed by atoms with E-state index in [0.717, 1.165) is 19.4 Å². The molecule has 0 aromatic carbocycles. The molecule has 18 heavy (non-hydrogen) atoms. The molecule has 1 aromatic heterocycles. The van der Waals surface area contributed by atoms with Crippen LogP contribution in [-0.4, -0.2) is 40.5 Å². The van der Waals surface area contributed by atoms with E-state index in [1.807, 2.05) is 14.1 Å². The van der Waals surface area contributed by atoms with Gasteiger partial charge in [-0.15, -0.1) is 0 Å². The summed E-state index contributed by atoms with van der Waals surface area (Å²) < 4.78 is 31.2. The zero-order valence-electron chi connectivity index (χ0n) is 10.8. The lowest BCUT2D eigenvalue weighted by atomic mass is 10.3. The molecule has 0 bridgehead atoms. The number of unbranched alkanes of at least 4 members (excludes halogenated alkanes) is 1. The van der Waals surface area contributed by atoms with Crippen molar-refractivity contribution >= 4 is 10.0 Å². The van der Waals surface area contributed by atoms with Crippen molar-refractivity contribution in [3.8, 4) is 0 Å². The van der Waals surface area contributed by atoms with Gasteiger partial charge in [0.15, 0.2) is 0 Å². The average Bonchev–Trinajstić information content (AvgIpc) is 2.77. The maximum absolute atomic E-state index is 11.8. The lowest BCUT2D eigenvalue weighted by Crippen LogP contribution is -2.25. The number of nitrogens with zero attached hydrogens (tertiary/aromatic N) is 1. The van der Waals surface area contributed by atoms with Gasteiger partial charge >= 0.3 is 0 Å². The predicted molar refractivity (Wildman–Crippen MR) is 69.6 cm³/mol. The van der Waals surface area contributed by atoms with Gasteiger partial charge in [0.2, 0.25) is 5.09 Å². The van der Waals surface area contributed by atoms with E-state index in [1.165, 1.54) is 6.07 Å². The normalized spacial score (nSPS) is 12.2. The van der Waals surface area contributed by atoms with Crippen LogP contribution in [0.2, 0.25) is 0 Å². The minimum Gasteiger partial charge on any atom is -0.447 e. The summed E-state index contributed by atoms with van der Waals surface area (Å²) in [6.07, 6.45) is 1.74. The Morgan fingerprint density at radius 2 is 2.06 bits per heavy atom. The first-order valence-corrected chi connectivity index (χ1v) is 7.37. The maximum Gasteiger partial charge on any atom is 0.273 e. The van der Waals surface area contributed by atoms with Gasteiger partial charge in [-0.05, 0) is 45.6 Å². The van der Waals surface area contributed by atoms with E-state index in [0.29, 0.717) is 12.3 Å². The number of hydrogen-bond donors (Lipinski definition) is 2. The van der Waals surface area contributed by atoms with Crippen molar-refractivity contribution in [2.45, 2.75) is 24.5 Å². The van der Waals surface area contributed by atoms with E-state index in [2.05, 4.69) is 9.62 Å². The van der Waals surface area contributed by atoms with Crippen molar-refractivity contribution in [1.82, 2.24) is 9.62 Å². The Balaban J connectivity index is 2.40. The monoisotopic (exact) mass is 275 g/mol. The fraction of sp³-hybridized carbons (Fsp3) is 0.636. The molecule has 0 atom stereocenters. The molecule has 0 saturated heterocycles. The Morgan fingerprint density at radius 3 is 2.61 bits per heavy atom. The fourth-order valence-electron chi connectivity index (χ4n) is 1.44. The number of nitrogens with one attached hydrogen (secondary N) is 1. The molecule has 0 spiro atoms. The highest BCUT2D eigenvalue weighted by Crippen LogP contribution is 2.13. The van der Waals surface area contributed by atoms with Crippen molar-refractivity contribution in [1.29, 1.82) is 0 Å². The molecule has 0 fully saturated rings. The predicted octanol–water partition coefficient (Wildman–Crippen LogP) is 0.358. The van der Waals surface area contributed by atoms with Crippen LogP contribution in [0.15, 0.2) is 21.6 Å². The summed E-state index contributed by atoms with van der Waals surface area (Å²) in [4.78, 5) is 2.06. The number of rotatable bonds is 8. The van der Waals surface area contributed by atoms with E-state index >= 15 is 0 Å². The smallest absolute Gasteiger partial charge is 0.273 e. The highest BCUT2D eigenvalue weighted by Gasteiger charge is 2.17. The van der Waals surface area contributed by atoms with Gasteiger partial charge in [0.25, 0.3) is 10.0 Å². The van der Waals surface area contributed by atoms with E-state index in [4.69, 9.17) is 10.2 Å². The second kappa shape index (κ2) is 6.89. The van der Waals surface area contributed by atoms with Gasteiger partial charge in [0.1, 0.15) is 5.76 Å². The summed E-state index contributed by atoms with van der Waals surface area (Å²) in [5, 5.41) is -0.0736. The molecule has 3 N–H and O–H groups in total. The van der Waals surface area contributed by atoms with Gasteiger partial charge in [-0.1, -0.05) is 0 Å². The molecule has 0 aliphatic rings. The Hall–Kier alpha value is -0.890. The third kappa shape index (κ3) is 4.77. The Bertz CT molecular complexity index is 454. The molecule has 1 aromatic rings. The minimum atomic E-state index is -3.54. The molecule has 104 valence electrons. The molecule has 0 saturated carbocycles. The van der Waals surface area contributed by atoms with Gasteiger partial charge in [0.05, 0.1) is 6.54 Å². The lowest BCUT2D eigenvalue weighted by Gasteiger charge is -2.09. The Morgan fingerprint density at radius 1 is 1.33 bits per heavy atom. The second-order valence-corrected chi connectivity index (χ2v) is 6.03. The Kier molecular flexibility index (Phi) is 5.80. The van der Waals surface area contributed by atoms with Crippen molar-refractivity contribution in [2.24, 2.45) is 5.73 Å². The summed E-state index contributed by atoms with van der Waals surface area (Å²) in [6.45, 7) is 1.55. The average molecular weight is 275 g/mol. The molecule has 0 radical (unpaired) electrons. The second-order valence-electron chi connectivity index (χ2n) is 4.33. The summed E-state index contributed by atoms with van der Waals surface area (Å²) in [7, 11) is 0.439. The molecule has 0 aliphatic carbocycles. The third-order valence-electron chi connectivity index (χ3n) is 2.43. The van der Waals surface area contributed by atoms with Crippen LogP contribution >= 0.6 is 0 Å². The first kappa shape index (κ1) is 15.2. The summed E-state index contributed by atoms with van der Waals surface area (Å²) in [5.74, 6) is 0.461. The zero-order valence-corrected chi connectivity index (χ0v) is 11.7. The first-order chi connectivity index (χ1) is 8.45. The minimum absolute atomic E-state index is 0.0736. The molecule has 1 heterocycles. The SMILES string of the molecule is CN(C)CCCCNS(=O)(=O)c1ccc(CN)o1. The summed E-state index contributed by atoms with van der Waals surface area (Å²) in [6, 6.07) is 2.99. The number of nitrogens with two attached hydrogens (primary N) is 1. The number of furan rings is 1. The van der Waals surface area contributed by atoms with E-state index in [9.17, 15) is 8.42 Å². The van der Waals surface area contributed by atoms with E-state index in [1.54, 1.807) is 6.07 Å². The molecule has 0 unspecified atom stereocenters. The van der Waals surface area contributed by atoms with Crippen LogP contribution < -0.4 is 10.5 Å². The van der Waals surface area contributed by atoms with Crippen LogP contribution in [0.25, 0.3) is 0 Å². The standard InChI is InChI=1S/C11H21N3O3S/c1-14(2)8-4-3-7-13-18(15,16)11-6-5-10(9-12)17-11/h5-6,13H,3-4,7-9,12H2,1-2H3. The molecular weight excluding hydrogens is 254 g/mol. The van der Waals surface area contributed by atoms with Crippen LogP contribution in [0, 0.1) is 0 Å². The van der Waals surface area contributed by atoms with Crippen molar-refractivity contribution in [2.75, 3.05) is 27.2 Å². The highest BCUT2D eigenvalue weighted by atomic mass is 32.2. The molecule has 0 amide bonds. The molecule has 6 nitrogen and oxygen atoms in total. The van der Waals surface area contributed by atoms with Gasteiger partial charge in [-0.25, -0.2) is 13.1 Å². The van der Waals surface area contributed by atoms with E-state index in [-0.39, 0.29) is 11.6 Å². The topological polar surface area (TPSA) is 88.6 Å². The largest absolute Gasteiger partial charge is 0.447 e. The lowest BCUT2D eigenvalue weighted by molar-refractivity contribution is 0.392. The van der Waals surface area contributed by atoms with Crippen LogP contribution in [-0.2, 0) is 16.6 Å². The van der Waals surface area contributed by atoms with Gasteiger partial charge in [-0.3, -0.25) is 0 Å². The van der Waals surface area contributed by atoms with Crippen LogP contribution in [0.4, 0.5) is 0 Å². The summed E-state index contributed by atoms with van der Waals surface area (Å²) in [5.41, 5.74) is 5.36.